The van der Waals surface area contributed by atoms with E-state index in [0.29, 0.717) is 24.6 Å². The number of hydrogen-bond donors (Lipinski definition) is 2. The Hall–Kier alpha value is -3.32. The molecule has 1 unspecified atom stereocenters. The first-order valence-electron chi connectivity index (χ1n) is 9.48. The van der Waals surface area contributed by atoms with Gasteiger partial charge in [0.1, 0.15) is 6.04 Å². The number of rotatable bonds is 5. The summed E-state index contributed by atoms with van der Waals surface area (Å²) in [6.07, 6.45) is 3.71. The van der Waals surface area contributed by atoms with E-state index in [2.05, 4.69) is 11.4 Å². The van der Waals surface area contributed by atoms with Gasteiger partial charge in [0.2, 0.25) is 18.6 Å². The first-order valence-corrected chi connectivity index (χ1v) is 9.48. The SMILES string of the molecule is O=C(C=Cc1ccc2c(c1)OCO2)NC(CO)C(=O)N1CCc2ccccc2C1. The molecule has 4 rings (SSSR count). The highest BCUT2D eigenvalue weighted by Crippen LogP contribution is 2.32. The molecule has 2 N–H and O–H groups in total. The van der Waals surface area contributed by atoms with Crippen LogP contribution in [0.2, 0.25) is 0 Å². The maximum absolute atomic E-state index is 12.8. The second-order valence-corrected chi connectivity index (χ2v) is 6.97. The third kappa shape index (κ3) is 4.25. The summed E-state index contributed by atoms with van der Waals surface area (Å²) in [4.78, 5) is 26.7. The summed E-state index contributed by atoms with van der Waals surface area (Å²) >= 11 is 0. The van der Waals surface area contributed by atoms with Crippen molar-refractivity contribution in [2.24, 2.45) is 0 Å². The summed E-state index contributed by atoms with van der Waals surface area (Å²) in [5, 5.41) is 12.2. The van der Waals surface area contributed by atoms with Gasteiger partial charge in [0.15, 0.2) is 11.5 Å². The van der Waals surface area contributed by atoms with Gasteiger partial charge in [0, 0.05) is 19.2 Å². The molecule has 0 aromatic heterocycles. The molecule has 2 aliphatic rings. The number of nitrogens with zero attached hydrogens (tertiary/aromatic N) is 1. The van der Waals surface area contributed by atoms with Crippen LogP contribution in [0.25, 0.3) is 6.08 Å². The summed E-state index contributed by atoms with van der Waals surface area (Å²) < 4.78 is 10.6. The molecular weight excluding hydrogens is 372 g/mol. The van der Waals surface area contributed by atoms with Crippen LogP contribution in [-0.4, -0.2) is 47.8 Å². The summed E-state index contributed by atoms with van der Waals surface area (Å²) in [6.45, 7) is 0.772. The highest BCUT2D eigenvalue weighted by atomic mass is 16.7. The van der Waals surface area contributed by atoms with E-state index < -0.39 is 18.6 Å². The molecule has 2 aromatic carbocycles. The predicted molar refractivity (Wildman–Crippen MR) is 106 cm³/mol. The third-order valence-electron chi connectivity index (χ3n) is 5.06. The molecule has 7 nitrogen and oxygen atoms in total. The molecule has 0 fully saturated rings. The number of fused-ring (bicyclic) bond motifs is 2. The van der Waals surface area contributed by atoms with Crippen molar-refractivity contribution in [3.63, 3.8) is 0 Å². The van der Waals surface area contributed by atoms with Gasteiger partial charge in [-0.1, -0.05) is 30.3 Å². The Kier molecular flexibility index (Phi) is 5.48. The first kappa shape index (κ1) is 19.0. The van der Waals surface area contributed by atoms with Gasteiger partial charge in [0.05, 0.1) is 6.61 Å². The Labute approximate surface area is 168 Å². The van der Waals surface area contributed by atoms with Crippen molar-refractivity contribution >= 4 is 17.9 Å². The number of ether oxygens (including phenoxy) is 2. The third-order valence-corrected chi connectivity index (χ3v) is 5.06. The Morgan fingerprint density at radius 3 is 2.76 bits per heavy atom. The van der Waals surface area contributed by atoms with Crippen LogP contribution in [0, 0.1) is 0 Å². The minimum absolute atomic E-state index is 0.185. The van der Waals surface area contributed by atoms with Crippen LogP contribution >= 0.6 is 0 Å². The molecule has 1 atom stereocenters. The van der Waals surface area contributed by atoms with E-state index in [1.807, 2.05) is 18.2 Å². The number of carbonyl (C=O) groups is 2. The Morgan fingerprint density at radius 1 is 1.14 bits per heavy atom. The van der Waals surface area contributed by atoms with Crippen LogP contribution < -0.4 is 14.8 Å². The lowest BCUT2D eigenvalue weighted by Gasteiger charge is -2.31. The number of nitrogens with one attached hydrogen (secondary N) is 1. The van der Waals surface area contributed by atoms with Crippen LogP contribution in [-0.2, 0) is 22.6 Å². The molecule has 150 valence electrons. The normalized spacial score (nSPS) is 15.8. The quantitative estimate of drug-likeness (QED) is 0.751. The van der Waals surface area contributed by atoms with Gasteiger partial charge in [-0.15, -0.1) is 0 Å². The zero-order chi connectivity index (χ0) is 20.2. The predicted octanol–water partition coefficient (Wildman–Crippen LogP) is 1.49. The molecule has 0 bridgehead atoms. The van der Waals surface area contributed by atoms with E-state index in [9.17, 15) is 14.7 Å². The van der Waals surface area contributed by atoms with Gasteiger partial charge in [0.25, 0.3) is 0 Å². The van der Waals surface area contributed by atoms with Crippen molar-refractivity contribution in [2.45, 2.75) is 19.0 Å². The molecule has 0 radical (unpaired) electrons. The van der Waals surface area contributed by atoms with Crippen molar-refractivity contribution < 1.29 is 24.2 Å². The molecule has 2 amide bonds. The Balaban J connectivity index is 1.37. The summed E-state index contributed by atoms with van der Waals surface area (Å²) in [6, 6.07) is 12.4. The van der Waals surface area contributed by atoms with E-state index in [-0.39, 0.29) is 12.7 Å². The Morgan fingerprint density at radius 2 is 1.93 bits per heavy atom. The minimum Gasteiger partial charge on any atom is -0.454 e. The van der Waals surface area contributed by atoms with Gasteiger partial charge in [-0.2, -0.15) is 0 Å². The lowest BCUT2D eigenvalue weighted by atomic mass is 9.99. The van der Waals surface area contributed by atoms with Gasteiger partial charge in [-0.3, -0.25) is 9.59 Å². The van der Waals surface area contributed by atoms with E-state index in [1.54, 1.807) is 29.2 Å². The zero-order valence-corrected chi connectivity index (χ0v) is 15.8. The van der Waals surface area contributed by atoms with Crippen LogP contribution in [0.15, 0.2) is 48.5 Å². The molecule has 0 spiro atoms. The van der Waals surface area contributed by atoms with Crippen LogP contribution in [0.1, 0.15) is 16.7 Å². The standard InChI is InChI=1S/C22H22N2O5/c25-13-18(22(27)24-10-9-16-3-1-2-4-17(16)12-24)23-21(26)8-6-15-5-7-19-20(11-15)29-14-28-19/h1-8,11,18,25H,9-10,12-14H2,(H,23,26). The number of carbonyl (C=O) groups excluding carboxylic acids is 2. The van der Waals surface area contributed by atoms with Gasteiger partial charge in [-0.05, 0) is 41.3 Å². The fourth-order valence-electron chi connectivity index (χ4n) is 3.50. The molecular formula is C22H22N2O5. The molecule has 0 aliphatic carbocycles. The molecule has 2 aliphatic heterocycles. The maximum Gasteiger partial charge on any atom is 0.247 e. The first-order chi connectivity index (χ1) is 14.1. The molecule has 2 heterocycles. The van der Waals surface area contributed by atoms with Crippen molar-refractivity contribution in [2.75, 3.05) is 19.9 Å². The van der Waals surface area contributed by atoms with Gasteiger partial charge >= 0.3 is 0 Å². The van der Waals surface area contributed by atoms with Gasteiger partial charge < -0.3 is 24.8 Å². The van der Waals surface area contributed by atoms with Crippen LogP contribution in [0.3, 0.4) is 0 Å². The topological polar surface area (TPSA) is 88.1 Å². The van der Waals surface area contributed by atoms with E-state index in [4.69, 9.17) is 9.47 Å². The number of benzene rings is 2. The Bertz CT molecular complexity index is 956. The summed E-state index contributed by atoms with van der Waals surface area (Å²) in [5.41, 5.74) is 3.09. The minimum atomic E-state index is -0.978. The molecule has 7 heteroatoms. The van der Waals surface area contributed by atoms with E-state index in [1.165, 1.54) is 11.6 Å². The highest BCUT2D eigenvalue weighted by Gasteiger charge is 2.27. The van der Waals surface area contributed by atoms with Crippen molar-refractivity contribution in [3.8, 4) is 11.5 Å². The monoisotopic (exact) mass is 394 g/mol. The van der Waals surface area contributed by atoms with E-state index in [0.717, 1.165) is 17.5 Å². The number of amides is 2. The second kappa shape index (κ2) is 8.36. The maximum atomic E-state index is 12.8. The lowest BCUT2D eigenvalue weighted by molar-refractivity contribution is -0.137. The van der Waals surface area contributed by atoms with Crippen LogP contribution in [0.4, 0.5) is 0 Å². The highest BCUT2D eigenvalue weighted by molar-refractivity contribution is 5.95. The molecule has 0 saturated heterocycles. The molecule has 2 aromatic rings. The fourth-order valence-corrected chi connectivity index (χ4v) is 3.50. The average molecular weight is 394 g/mol. The lowest BCUT2D eigenvalue weighted by Crippen LogP contribution is -2.51. The zero-order valence-electron chi connectivity index (χ0n) is 15.8. The van der Waals surface area contributed by atoms with Crippen molar-refractivity contribution in [3.05, 3.63) is 65.2 Å². The number of hydrogen-bond acceptors (Lipinski definition) is 5. The summed E-state index contributed by atoms with van der Waals surface area (Å²) in [5.74, 6) is 0.557. The van der Waals surface area contributed by atoms with Crippen molar-refractivity contribution in [1.29, 1.82) is 0 Å². The largest absolute Gasteiger partial charge is 0.454 e. The van der Waals surface area contributed by atoms with Crippen molar-refractivity contribution in [1.82, 2.24) is 10.2 Å². The second-order valence-electron chi connectivity index (χ2n) is 6.97. The summed E-state index contributed by atoms with van der Waals surface area (Å²) in [7, 11) is 0. The average Bonchev–Trinajstić information content (AvgIpc) is 3.23. The van der Waals surface area contributed by atoms with Gasteiger partial charge in [-0.25, -0.2) is 0 Å². The number of aliphatic hydroxyl groups is 1. The molecule has 29 heavy (non-hydrogen) atoms. The molecule has 0 saturated carbocycles. The number of aliphatic hydroxyl groups excluding tert-OH is 1. The van der Waals surface area contributed by atoms with E-state index >= 15 is 0 Å². The van der Waals surface area contributed by atoms with Crippen LogP contribution in [0.5, 0.6) is 11.5 Å². The fraction of sp³-hybridized carbons (Fsp3) is 0.273. The smallest absolute Gasteiger partial charge is 0.247 e.